The number of rotatable bonds is 6. The molecule has 142 valence electrons. The fourth-order valence-corrected chi connectivity index (χ4v) is 4.85. The molecule has 3 rings (SSSR count). The van der Waals surface area contributed by atoms with Crippen LogP contribution in [-0.4, -0.2) is 31.3 Å². The molecule has 1 aliphatic carbocycles. The summed E-state index contributed by atoms with van der Waals surface area (Å²) < 4.78 is 23.8. The fourth-order valence-electron chi connectivity index (χ4n) is 2.70. The van der Waals surface area contributed by atoms with Gasteiger partial charge in [0.1, 0.15) is 4.34 Å². The molecule has 0 saturated carbocycles. The number of halogens is 1. The van der Waals surface area contributed by atoms with Crippen LogP contribution in [0.5, 0.6) is 0 Å². The zero-order valence-electron chi connectivity index (χ0n) is 14.1. The Balaban J connectivity index is 1.86. The molecule has 27 heavy (non-hydrogen) atoms. The Morgan fingerprint density at radius 2 is 2.22 bits per heavy atom. The molecule has 0 bridgehead atoms. The minimum Gasteiger partial charge on any atom is -0.302 e. The van der Waals surface area contributed by atoms with Crippen molar-refractivity contribution in [2.24, 2.45) is 11.8 Å². The van der Waals surface area contributed by atoms with E-state index in [-0.39, 0.29) is 10.8 Å². The molecular weight excluding hydrogens is 428 g/mol. The molecular formula is C17H15ClN2O4S3. The number of ketones is 1. The Hall–Kier alpha value is -1.81. The fraction of sp³-hybridized carbons (Fsp3) is 0.235. The molecule has 1 amide bonds. The summed E-state index contributed by atoms with van der Waals surface area (Å²) >= 11 is 8.47. The van der Waals surface area contributed by atoms with Gasteiger partial charge in [-0.1, -0.05) is 29.0 Å². The van der Waals surface area contributed by atoms with E-state index in [9.17, 15) is 18.0 Å². The van der Waals surface area contributed by atoms with Crippen LogP contribution in [0.25, 0.3) is 0 Å². The van der Waals surface area contributed by atoms with Gasteiger partial charge in [-0.2, -0.15) is 11.3 Å². The maximum atomic E-state index is 12.9. The highest BCUT2D eigenvalue weighted by Gasteiger charge is 2.34. The number of hydrogen-bond donors (Lipinski definition) is 1. The predicted octanol–water partition coefficient (Wildman–Crippen LogP) is 3.34. The van der Waals surface area contributed by atoms with Gasteiger partial charge in [0.05, 0.1) is 22.9 Å². The number of carbonyl (C=O) groups excluding carboxylic acids is 2. The predicted molar refractivity (Wildman–Crippen MR) is 108 cm³/mol. The number of carbonyl (C=O) groups is 2. The Labute approximate surface area is 169 Å². The quantitative estimate of drug-likeness (QED) is 0.740. The van der Waals surface area contributed by atoms with E-state index in [4.69, 9.17) is 11.6 Å². The Morgan fingerprint density at radius 1 is 1.44 bits per heavy atom. The number of nitrogens with zero attached hydrogens (tertiary/aromatic N) is 1. The maximum absolute atomic E-state index is 12.9. The summed E-state index contributed by atoms with van der Waals surface area (Å²) in [4.78, 5) is 29.4. The van der Waals surface area contributed by atoms with Crippen molar-refractivity contribution >= 4 is 60.9 Å². The first-order chi connectivity index (χ1) is 12.7. The molecule has 2 aromatic rings. The number of amides is 1. The lowest BCUT2D eigenvalue weighted by molar-refractivity contribution is -0.126. The van der Waals surface area contributed by atoms with Crippen LogP contribution < -0.4 is 5.32 Å². The molecule has 2 aromatic heterocycles. The van der Waals surface area contributed by atoms with Gasteiger partial charge in [-0.25, -0.2) is 13.4 Å². The van der Waals surface area contributed by atoms with Crippen molar-refractivity contribution in [2.75, 3.05) is 11.6 Å². The molecule has 6 nitrogen and oxygen atoms in total. The number of thiophene rings is 1. The van der Waals surface area contributed by atoms with Gasteiger partial charge in [0.25, 0.3) is 0 Å². The standard InChI is InChI=1S/C17H15ClN2O4S3/c1-27(23,24)11-2-3-12(14(21)7-11)13(6-10-4-5-25-9-10)16(22)20-17-19-8-15(18)26-17/h2-5,7-9,12-13H,6H2,1H3,(H,19,20,22). The molecule has 2 atom stereocenters. The monoisotopic (exact) mass is 442 g/mol. The summed E-state index contributed by atoms with van der Waals surface area (Å²) in [7, 11) is -3.49. The number of aromatic nitrogens is 1. The summed E-state index contributed by atoms with van der Waals surface area (Å²) in [6.45, 7) is 0. The van der Waals surface area contributed by atoms with Gasteiger partial charge in [-0.05, 0) is 34.9 Å². The number of allylic oxidation sites excluding steroid dienone is 3. The molecule has 0 radical (unpaired) electrons. The summed E-state index contributed by atoms with van der Waals surface area (Å²) in [5, 5.41) is 6.85. The number of nitrogens with one attached hydrogen (secondary N) is 1. The van der Waals surface area contributed by atoms with E-state index < -0.39 is 27.5 Å². The van der Waals surface area contributed by atoms with Crippen molar-refractivity contribution in [2.45, 2.75) is 6.42 Å². The lowest BCUT2D eigenvalue weighted by atomic mass is 9.82. The third kappa shape index (κ3) is 4.92. The van der Waals surface area contributed by atoms with Gasteiger partial charge in [0.2, 0.25) is 5.91 Å². The van der Waals surface area contributed by atoms with Crippen LogP contribution in [0.15, 0.2) is 46.2 Å². The van der Waals surface area contributed by atoms with Crippen LogP contribution in [0, 0.1) is 11.8 Å². The molecule has 0 aromatic carbocycles. The summed E-state index contributed by atoms with van der Waals surface area (Å²) in [5.74, 6) is -2.24. The lowest BCUT2D eigenvalue weighted by Crippen LogP contribution is -2.35. The Bertz CT molecular complexity index is 1020. The maximum Gasteiger partial charge on any atom is 0.230 e. The van der Waals surface area contributed by atoms with Gasteiger partial charge < -0.3 is 5.32 Å². The van der Waals surface area contributed by atoms with Crippen LogP contribution >= 0.6 is 34.3 Å². The first-order valence-corrected chi connectivity index (χ1v) is 11.8. The van der Waals surface area contributed by atoms with E-state index in [0.717, 1.165) is 29.2 Å². The van der Waals surface area contributed by atoms with Crippen molar-refractivity contribution in [3.8, 4) is 0 Å². The zero-order valence-corrected chi connectivity index (χ0v) is 17.3. The minimum atomic E-state index is -3.49. The SMILES string of the molecule is CS(=O)(=O)C1=CC(=O)C(C(Cc2ccsc2)C(=O)Nc2ncc(Cl)s2)C=C1. The van der Waals surface area contributed by atoms with E-state index in [1.165, 1.54) is 29.7 Å². The summed E-state index contributed by atoms with van der Waals surface area (Å²) in [6, 6.07) is 1.89. The van der Waals surface area contributed by atoms with Crippen molar-refractivity contribution in [1.82, 2.24) is 4.98 Å². The number of sulfone groups is 1. The van der Waals surface area contributed by atoms with Gasteiger partial charge >= 0.3 is 0 Å². The average molecular weight is 443 g/mol. The molecule has 1 aliphatic rings. The first-order valence-electron chi connectivity index (χ1n) is 7.81. The van der Waals surface area contributed by atoms with E-state index in [0.29, 0.717) is 15.9 Å². The second kappa shape index (κ2) is 8.05. The van der Waals surface area contributed by atoms with Gasteiger partial charge in [-0.15, -0.1) is 0 Å². The van der Waals surface area contributed by atoms with Gasteiger partial charge in [0.15, 0.2) is 20.8 Å². The molecule has 0 fully saturated rings. The van der Waals surface area contributed by atoms with E-state index in [2.05, 4.69) is 10.3 Å². The van der Waals surface area contributed by atoms with Crippen LogP contribution in [0.1, 0.15) is 5.56 Å². The molecule has 0 aliphatic heterocycles. The number of thiazole rings is 1. The summed E-state index contributed by atoms with van der Waals surface area (Å²) in [5.41, 5.74) is 0.927. The van der Waals surface area contributed by atoms with E-state index >= 15 is 0 Å². The summed E-state index contributed by atoms with van der Waals surface area (Å²) in [6.07, 6.45) is 6.78. The third-order valence-corrected chi connectivity index (χ3v) is 6.90. The van der Waals surface area contributed by atoms with Crippen LogP contribution in [0.2, 0.25) is 4.34 Å². The number of hydrogen-bond acceptors (Lipinski definition) is 7. The van der Waals surface area contributed by atoms with Crippen molar-refractivity contribution in [3.63, 3.8) is 0 Å². The molecule has 10 heteroatoms. The van der Waals surface area contributed by atoms with Crippen molar-refractivity contribution in [3.05, 3.63) is 56.1 Å². The van der Waals surface area contributed by atoms with Gasteiger partial charge in [0, 0.05) is 12.3 Å². The Kier molecular flexibility index (Phi) is 5.95. The van der Waals surface area contributed by atoms with Crippen molar-refractivity contribution < 1.29 is 18.0 Å². The second-order valence-electron chi connectivity index (χ2n) is 6.01. The average Bonchev–Trinajstić information content (AvgIpc) is 3.23. The molecule has 1 N–H and O–H groups in total. The van der Waals surface area contributed by atoms with Crippen molar-refractivity contribution in [1.29, 1.82) is 0 Å². The molecule has 0 spiro atoms. The van der Waals surface area contributed by atoms with Crippen LogP contribution in [0.4, 0.5) is 5.13 Å². The zero-order chi connectivity index (χ0) is 19.6. The second-order valence-corrected chi connectivity index (χ2v) is 10.5. The highest BCUT2D eigenvalue weighted by Crippen LogP contribution is 2.29. The molecule has 2 heterocycles. The Morgan fingerprint density at radius 3 is 2.78 bits per heavy atom. The normalized spacial score (nSPS) is 18.2. The highest BCUT2D eigenvalue weighted by molar-refractivity contribution is 7.94. The van der Waals surface area contributed by atoms with Gasteiger partial charge in [-0.3, -0.25) is 9.59 Å². The topological polar surface area (TPSA) is 93.2 Å². The largest absolute Gasteiger partial charge is 0.302 e. The highest BCUT2D eigenvalue weighted by atomic mass is 35.5. The van der Waals surface area contributed by atoms with Crippen LogP contribution in [0.3, 0.4) is 0 Å². The molecule has 0 saturated heterocycles. The van der Waals surface area contributed by atoms with E-state index in [1.54, 1.807) is 0 Å². The minimum absolute atomic E-state index is 0.0508. The smallest absolute Gasteiger partial charge is 0.230 e. The third-order valence-electron chi connectivity index (χ3n) is 4.02. The lowest BCUT2D eigenvalue weighted by Gasteiger charge is -2.23. The van der Waals surface area contributed by atoms with Crippen LogP contribution in [-0.2, 0) is 25.8 Å². The molecule has 2 unspecified atom stereocenters. The van der Waals surface area contributed by atoms with E-state index in [1.807, 2.05) is 16.8 Å². The number of anilines is 1. The first kappa shape index (κ1) is 19.9.